The maximum absolute atomic E-state index is 12.4. The van der Waals surface area contributed by atoms with Crippen LogP contribution in [0, 0.1) is 0 Å². The zero-order valence-corrected chi connectivity index (χ0v) is 25.6. The van der Waals surface area contributed by atoms with Crippen LogP contribution in [0.2, 0.25) is 0 Å². The summed E-state index contributed by atoms with van der Waals surface area (Å²) in [5, 5.41) is 70.4. The molecule has 12 heteroatoms. The van der Waals surface area contributed by atoms with E-state index in [1.165, 1.54) is 19.3 Å². The van der Waals surface area contributed by atoms with Crippen molar-refractivity contribution in [2.75, 3.05) is 19.8 Å². The van der Waals surface area contributed by atoms with E-state index >= 15 is 0 Å². The number of hydrogen-bond donors (Lipinski definition) is 7. The van der Waals surface area contributed by atoms with Crippen molar-refractivity contribution in [2.24, 2.45) is 0 Å². The molecule has 0 spiro atoms. The summed E-state index contributed by atoms with van der Waals surface area (Å²) >= 11 is 0. The normalized spacial score (nSPS) is 33.0. The number of carbonyl (C=O) groups excluding carboxylic acids is 1. The molecule has 0 aromatic heterocycles. The van der Waals surface area contributed by atoms with Crippen LogP contribution in [0.5, 0.6) is 0 Å². The number of allylic oxidation sites excluding steroid dienone is 8. The second kappa shape index (κ2) is 20.9. The van der Waals surface area contributed by atoms with Gasteiger partial charge < -0.3 is 54.7 Å². The van der Waals surface area contributed by atoms with Gasteiger partial charge in [0.15, 0.2) is 6.29 Å². The predicted molar refractivity (Wildman–Crippen MR) is 161 cm³/mol. The maximum atomic E-state index is 12.4. The number of rotatable bonds is 20. The third-order valence-electron chi connectivity index (χ3n) is 7.49. The number of ether oxygens (including phenoxy) is 4. The average molecular weight is 629 g/mol. The van der Waals surface area contributed by atoms with E-state index in [1.807, 2.05) is 12.2 Å². The molecule has 2 aliphatic rings. The van der Waals surface area contributed by atoms with Crippen molar-refractivity contribution in [1.82, 2.24) is 0 Å². The largest absolute Gasteiger partial charge is 0.460 e. The van der Waals surface area contributed by atoms with E-state index in [0.29, 0.717) is 12.8 Å². The fraction of sp³-hybridized carbons (Fsp3) is 0.719. The monoisotopic (exact) mass is 628 g/mol. The highest BCUT2D eigenvalue weighted by Gasteiger charge is 2.59. The van der Waals surface area contributed by atoms with Gasteiger partial charge in [-0.2, -0.15) is 0 Å². The summed E-state index contributed by atoms with van der Waals surface area (Å²) < 4.78 is 21.7. The van der Waals surface area contributed by atoms with Crippen LogP contribution in [-0.2, 0) is 23.7 Å². The standard InChI is InChI=1S/C32H52O12/c1-2-3-4-5-6-7-8-9-10-11-12-13-14-15-16-17-18-19-25(35)41-22-32(30(40)27(37)24(21-34)43-32)44-31-29(39)28(38)26(36)23(20-33)42-31/h6-7,9-10,12-13,15-16,23-24,26-31,33-34,36-40H,2-5,8,11,14,17-22H2,1H3/b7-6-,10-9-,13-12-,16-15-/t23-,24-,26-,27-,28+,29-,30+,31-,32+/m1/s1. The molecule has 9 atom stereocenters. The Labute approximate surface area is 259 Å². The fourth-order valence-electron chi connectivity index (χ4n) is 4.80. The summed E-state index contributed by atoms with van der Waals surface area (Å²) in [5.74, 6) is -2.92. The highest BCUT2D eigenvalue weighted by molar-refractivity contribution is 5.69. The molecule has 2 aliphatic heterocycles. The molecule has 252 valence electrons. The number of carbonyl (C=O) groups is 1. The summed E-state index contributed by atoms with van der Waals surface area (Å²) in [6, 6.07) is 0. The third kappa shape index (κ3) is 12.1. The molecule has 0 radical (unpaired) electrons. The molecule has 2 saturated heterocycles. The molecule has 0 aromatic carbocycles. The van der Waals surface area contributed by atoms with E-state index in [0.717, 1.165) is 25.7 Å². The fourth-order valence-corrected chi connectivity index (χ4v) is 4.80. The minimum absolute atomic E-state index is 0.0379. The quantitative estimate of drug-likeness (QED) is 0.0581. The molecule has 0 unspecified atom stereocenters. The SMILES string of the molecule is CCCCC/C=C\C/C=C\C/C=C\C/C=C\CCCC(=O)OC[C@@]1(O[C@H]2O[C@H](CO)[C@@H](O)[C@H](O)[C@H]2O)O[C@H](CO)[C@@H](O)[C@@H]1O. The smallest absolute Gasteiger partial charge is 0.305 e. The highest BCUT2D eigenvalue weighted by atomic mass is 16.8. The van der Waals surface area contributed by atoms with Crippen LogP contribution in [0.1, 0.15) is 71.1 Å². The zero-order valence-electron chi connectivity index (χ0n) is 25.6. The van der Waals surface area contributed by atoms with Gasteiger partial charge in [-0.1, -0.05) is 68.4 Å². The van der Waals surface area contributed by atoms with Crippen molar-refractivity contribution in [1.29, 1.82) is 0 Å². The van der Waals surface area contributed by atoms with Gasteiger partial charge >= 0.3 is 5.97 Å². The third-order valence-corrected chi connectivity index (χ3v) is 7.49. The molecule has 0 aliphatic carbocycles. The molecule has 44 heavy (non-hydrogen) atoms. The van der Waals surface area contributed by atoms with Gasteiger partial charge in [-0.05, 0) is 44.9 Å². The Morgan fingerprint density at radius 3 is 1.84 bits per heavy atom. The van der Waals surface area contributed by atoms with Crippen LogP contribution < -0.4 is 0 Å². The Morgan fingerprint density at radius 1 is 0.727 bits per heavy atom. The van der Waals surface area contributed by atoms with Gasteiger partial charge in [-0.25, -0.2) is 0 Å². The highest BCUT2D eigenvalue weighted by Crippen LogP contribution is 2.36. The lowest BCUT2D eigenvalue weighted by Crippen LogP contribution is -2.62. The molecule has 2 fully saturated rings. The van der Waals surface area contributed by atoms with Crippen molar-refractivity contribution >= 4 is 5.97 Å². The van der Waals surface area contributed by atoms with Crippen molar-refractivity contribution in [3.63, 3.8) is 0 Å². The van der Waals surface area contributed by atoms with E-state index in [-0.39, 0.29) is 6.42 Å². The number of esters is 1. The van der Waals surface area contributed by atoms with E-state index in [2.05, 4.69) is 43.4 Å². The first-order chi connectivity index (χ1) is 21.2. The topological polar surface area (TPSA) is 196 Å². The van der Waals surface area contributed by atoms with Gasteiger partial charge in [0.2, 0.25) is 5.79 Å². The molecular formula is C32H52O12. The molecule has 12 nitrogen and oxygen atoms in total. The Hall–Kier alpha value is -1.97. The molecule has 2 heterocycles. The van der Waals surface area contributed by atoms with Crippen LogP contribution in [0.4, 0.5) is 0 Å². The summed E-state index contributed by atoms with van der Waals surface area (Å²) in [5.41, 5.74) is 0. The van der Waals surface area contributed by atoms with Crippen molar-refractivity contribution < 1.29 is 59.5 Å². The van der Waals surface area contributed by atoms with Crippen molar-refractivity contribution in [2.45, 2.75) is 126 Å². The van der Waals surface area contributed by atoms with Crippen LogP contribution in [-0.4, -0.2) is 116 Å². The summed E-state index contributed by atoms with van der Waals surface area (Å²) in [7, 11) is 0. The molecular weight excluding hydrogens is 576 g/mol. The first kappa shape index (κ1) is 38.2. The van der Waals surface area contributed by atoms with Gasteiger partial charge in [0.1, 0.15) is 49.3 Å². The van der Waals surface area contributed by atoms with E-state index < -0.39 is 80.6 Å². The number of unbranched alkanes of at least 4 members (excludes halogenated alkanes) is 4. The summed E-state index contributed by atoms with van der Waals surface area (Å²) in [6.07, 6.45) is 12.4. The molecule has 2 rings (SSSR count). The summed E-state index contributed by atoms with van der Waals surface area (Å²) in [4.78, 5) is 12.4. The average Bonchev–Trinajstić information content (AvgIpc) is 3.26. The molecule has 0 saturated carbocycles. The second-order valence-electron chi connectivity index (χ2n) is 11.0. The van der Waals surface area contributed by atoms with Crippen LogP contribution in [0.3, 0.4) is 0 Å². The van der Waals surface area contributed by atoms with E-state index in [4.69, 9.17) is 18.9 Å². The van der Waals surface area contributed by atoms with E-state index in [1.54, 1.807) is 0 Å². The Bertz CT molecular complexity index is 919. The second-order valence-corrected chi connectivity index (χ2v) is 11.0. The lowest BCUT2D eigenvalue weighted by Gasteiger charge is -2.43. The van der Waals surface area contributed by atoms with Crippen LogP contribution >= 0.6 is 0 Å². The zero-order chi connectivity index (χ0) is 32.4. The van der Waals surface area contributed by atoms with Gasteiger partial charge in [0, 0.05) is 6.42 Å². The van der Waals surface area contributed by atoms with Crippen LogP contribution in [0.25, 0.3) is 0 Å². The lowest BCUT2D eigenvalue weighted by molar-refractivity contribution is -0.383. The number of aliphatic hydroxyl groups is 7. The van der Waals surface area contributed by atoms with E-state index in [9.17, 15) is 40.5 Å². The van der Waals surface area contributed by atoms with Gasteiger partial charge in [-0.3, -0.25) is 4.79 Å². The first-order valence-corrected chi connectivity index (χ1v) is 15.6. The lowest BCUT2D eigenvalue weighted by atomic mass is 9.99. The Morgan fingerprint density at radius 2 is 1.30 bits per heavy atom. The van der Waals surface area contributed by atoms with Crippen molar-refractivity contribution in [3.05, 3.63) is 48.6 Å². The molecule has 0 aromatic rings. The van der Waals surface area contributed by atoms with Crippen LogP contribution in [0.15, 0.2) is 48.6 Å². The number of aliphatic hydroxyl groups excluding tert-OH is 7. The Balaban J connectivity index is 1.75. The first-order valence-electron chi connectivity index (χ1n) is 15.6. The molecule has 0 bridgehead atoms. The van der Waals surface area contributed by atoms with Gasteiger partial charge in [-0.15, -0.1) is 0 Å². The van der Waals surface area contributed by atoms with Gasteiger partial charge in [0.05, 0.1) is 13.2 Å². The minimum Gasteiger partial charge on any atom is -0.460 e. The number of hydrogen-bond acceptors (Lipinski definition) is 12. The summed E-state index contributed by atoms with van der Waals surface area (Å²) in [6.45, 7) is 0.0354. The Kier molecular flexibility index (Phi) is 18.2. The van der Waals surface area contributed by atoms with Gasteiger partial charge in [0.25, 0.3) is 0 Å². The molecule has 7 N–H and O–H groups in total. The maximum Gasteiger partial charge on any atom is 0.305 e. The minimum atomic E-state index is -2.28. The molecule has 0 amide bonds. The van der Waals surface area contributed by atoms with Crippen molar-refractivity contribution in [3.8, 4) is 0 Å². The predicted octanol–water partition coefficient (Wildman–Crippen LogP) is 1.30.